The van der Waals surface area contributed by atoms with Gasteiger partial charge in [0.25, 0.3) is 4.84 Å². The van der Waals surface area contributed by atoms with Crippen LogP contribution in [0.5, 0.6) is 0 Å². The molecule has 18 heavy (non-hydrogen) atoms. The summed E-state index contributed by atoms with van der Waals surface area (Å²) in [6.45, 7) is 0.646. The van der Waals surface area contributed by atoms with Gasteiger partial charge in [-0.15, -0.1) is 5.10 Å². The summed E-state index contributed by atoms with van der Waals surface area (Å²) in [5, 5.41) is 6.68. The molecule has 6 heteroatoms. The van der Waals surface area contributed by atoms with E-state index in [9.17, 15) is 0 Å². The van der Waals surface area contributed by atoms with E-state index in [1.165, 1.54) is 0 Å². The average molecular weight is 264 g/mol. The zero-order valence-corrected chi connectivity index (χ0v) is 10.4. The van der Waals surface area contributed by atoms with Crippen molar-refractivity contribution >= 4 is 12.2 Å². The molecule has 0 saturated carbocycles. The minimum Gasteiger partial charge on any atom is -0.411 e. The summed E-state index contributed by atoms with van der Waals surface area (Å²) in [5.41, 5.74) is 0.446. The molecule has 2 heterocycles. The van der Waals surface area contributed by atoms with Crippen LogP contribution in [0, 0.1) is 4.84 Å². The van der Waals surface area contributed by atoms with E-state index in [1.54, 1.807) is 0 Å². The number of hydrogen-bond donors (Lipinski definition) is 1. The summed E-state index contributed by atoms with van der Waals surface area (Å²) < 4.78 is 16.4. The predicted molar refractivity (Wildman–Crippen MR) is 65.4 cm³/mol. The number of nitrogens with zero attached hydrogens (tertiary/aromatic N) is 1. The topological polar surface area (TPSA) is 60.3 Å². The van der Waals surface area contributed by atoms with Crippen LogP contribution in [-0.4, -0.2) is 23.6 Å². The van der Waals surface area contributed by atoms with Crippen molar-refractivity contribution in [3.63, 3.8) is 0 Å². The Hall–Kier alpha value is -1.50. The molecule has 0 aliphatic carbocycles. The van der Waals surface area contributed by atoms with Crippen LogP contribution in [0.1, 0.15) is 11.5 Å². The van der Waals surface area contributed by atoms with E-state index < -0.39 is 5.60 Å². The standard InChI is InChI=1S/C12H12N2O3S/c18-11-14-13-10(17-11)12(7-15-8-16-12)6-9-4-2-1-3-5-9/h1-5H,6-8H2,(H,14,18). The summed E-state index contributed by atoms with van der Waals surface area (Å²) in [6.07, 6.45) is 0.636. The molecule has 1 aliphatic rings. The second-order valence-corrected chi connectivity index (χ2v) is 4.56. The molecule has 1 aromatic heterocycles. The first-order valence-corrected chi connectivity index (χ1v) is 6.01. The molecule has 1 unspecified atom stereocenters. The third-order valence-corrected chi connectivity index (χ3v) is 3.09. The predicted octanol–water partition coefficient (Wildman–Crippen LogP) is 2.17. The van der Waals surface area contributed by atoms with E-state index in [-0.39, 0.29) is 11.6 Å². The van der Waals surface area contributed by atoms with Gasteiger partial charge in [-0.05, 0) is 17.8 Å². The minimum atomic E-state index is -0.686. The Morgan fingerprint density at radius 1 is 1.33 bits per heavy atom. The fourth-order valence-corrected chi connectivity index (χ4v) is 2.18. The average Bonchev–Trinajstić information content (AvgIpc) is 3.01. The molecule has 1 aliphatic heterocycles. The third-order valence-electron chi connectivity index (χ3n) is 2.91. The van der Waals surface area contributed by atoms with Crippen molar-refractivity contribution in [2.45, 2.75) is 12.0 Å². The molecule has 1 saturated heterocycles. The van der Waals surface area contributed by atoms with Gasteiger partial charge < -0.3 is 13.9 Å². The number of aromatic amines is 1. The minimum absolute atomic E-state index is 0.238. The molecule has 1 atom stereocenters. The SMILES string of the molecule is S=c1[nH]nc(C2(Cc3ccccc3)COCO2)o1. The maximum Gasteiger partial charge on any atom is 0.284 e. The second kappa shape index (κ2) is 4.64. The van der Waals surface area contributed by atoms with Crippen molar-refractivity contribution in [3.05, 3.63) is 46.6 Å². The molecule has 5 nitrogen and oxygen atoms in total. The first kappa shape index (κ1) is 11.6. The van der Waals surface area contributed by atoms with Gasteiger partial charge in [0.05, 0.1) is 6.61 Å². The smallest absolute Gasteiger partial charge is 0.284 e. The number of benzene rings is 1. The summed E-state index contributed by atoms with van der Waals surface area (Å²) in [4.78, 5) is 0.243. The normalized spacial score (nSPS) is 23.3. The summed E-state index contributed by atoms with van der Waals surface area (Å²) >= 11 is 4.90. The largest absolute Gasteiger partial charge is 0.411 e. The van der Waals surface area contributed by atoms with Gasteiger partial charge in [-0.25, -0.2) is 5.10 Å². The first-order chi connectivity index (χ1) is 8.78. The maximum atomic E-state index is 5.70. The highest BCUT2D eigenvalue weighted by Crippen LogP contribution is 2.33. The van der Waals surface area contributed by atoms with Gasteiger partial charge in [0.15, 0.2) is 5.60 Å². The fraction of sp³-hybridized carbons (Fsp3) is 0.333. The summed E-state index contributed by atoms with van der Waals surface area (Å²) in [5.74, 6) is 0.439. The van der Waals surface area contributed by atoms with Crippen molar-refractivity contribution in [1.29, 1.82) is 0 Å². The Morgan fingerprint density at radius 3 is 2.78 bits per heavy atom. The Kier molecular flexibility index (Phi) is 2.99. The van der Waals surface area contributed by atoms with Crippen molar-refractivity contribution in [2.75, 3.05) is 13.4 Å². The van der Waals surface area contributed by atoms with Crippen LogP contribution >= 0.6 is 12.2 Å². The van der Waals surface area contributed by atoms with Crippen LogP contribution in [0.2, 0.25) is 0 Å². The number of ether oxygens (including phenoxy) is 2. The van der Waals surface area contributed by atoms with Gasteiger partial charge in [-0.2, -0.15) is 0 Å². The van der Waals surface area contributed by atoms with E-state index >= 15 is 0 Å². The monoisotopic (exact) mass is 264 g/mol. The Labute approximate surface area is 109 Å². The lowest BCUT2D eigenvalue weighted by Gasteiger charge is -2.22. The number of rotatable bonds is 3. The van der Waals surface area contributed by atoms with Crippen molar-refractivity contribution in [1.82, 2.24) is 10.2 Å². The molecule has 0 amide bonds. The number of hydrogen-bond acceptors (Lipinski definition) is 5. The van der Waals surface area contributed by atoms with E-state index in [2.05, 4.69) is 10.2 Å². The molecule has 3 rings (SSSR count). The van der Waals surface area contributed by atoms with E-state index in [0.717, 1.165) is 5.56 Å². The Balaban J connectivity index is 1.95. The molecule has 0 spiro atoms. The van der Waals surface area contributed by atoms with Crippen LogP contribution in [-0.2, 0) is 21.5 Å². The molecule has 94 valence electrons. The lowest BCUT2D eigenvalue weighted by molar-refractivity contribution is -0.0275. The lowest BCUT2D eigenvalue weighted by Crippen LogP contribution is -2.31. The van der Waals surface area contributed by atoms with Crippen molar-refractivity contribution in [2.24, 2.45) is 0 Å². The lowest BCUT2D eigenvalue weighted by atomic mass is 9.95. The second-order valence-electron chi connectivity index (χ2n) is 4.19. The van der Waals surface area contributed by atoms with Gasteiger partial charge in [-0.3, -0.25) is 0 Å². The molecule has 0 bridgehead atoms. The van der Waals surface area contributed by atoms with Crippen LogP contribution in [0.15, 0.2) is 34.7 Å². The van der Waals surface area contributed by atoms with Crippen LogP contribution in [0.25, 0.3) is 0 Å². The van der Waals surface area contributed by atoms with Crippen LogP contribution in [0.4, 0.5) is 0 Å². The highest BCUT2D eigenvalue weighted by molar-refractivity contribution is 7.71. The quantitative estimate of drug-likeness (QED) is 0.861. The van der Waals surface area contributed by atoms with Gasteiger partial charge in [0, 0.05) is 6.42 Å². The molecule has 1 aromatic carbocycles. The highest BCUT2D eigenvalue weighted by Gasteiger charge is 2.43. The van der Waals surface area contributed by atoms with Gasteiger partial charge >= 0.3 is 0 Å². The third kappa shape index (κ3) is 2.10. The molecule has 2 aromatic rings. The molecule has 0 radical (unpaired) electrons. The van der Waals surface area contributed by atoms with E-state index in [4.69, 9.17) is 26.1 Å². The zero-order valence-electron chi connectivity index (χ0n) is 9.59. The van der Waals surface area contributed by atoms with Crippen molar-refractivity contribution in [3.8, 4) is 0 Å². The molecule has 1 N–H and O–H groups in total. The van der Waals surface area contributed by atoms with Gasteiger partial charge in [0.1, 0.15) is 6.79 Å². The Bertz CT molecular complexity index is 572. The molecule has 1 fully saturated rings. The number of nitrogens with one attached hydrogen (secondary N) is 1. The van der Waals surface area contributed by atoms with E-state index in [1.807, 2.05) is 30.3 Å². The maximum absolute atomic E-state index is 5.70. The number of aromatic nitrogens is 2. The van der Waals surface area contributed by atoms with Gasteiger partial charge in [0.2, 0.25) is 5.89 Å². The summed E-state index contributed by atoms with van der Waals surface area (Å²) in [7, 11) is 0. The Morgan fingerprint density at radius 2 is 2.17 bits per heavy atom. The number of H-pyrrole nitrogens is 1. The summed E-state index contributed by atoms with van der Waals surface area (Å²) in [6, 6.07) is 10.0. The highest BCUT2D eigenvalue weighted by atomic mass is 32.1. The van der Waals surface area contributed by atoms with Crippen LogP contribution in [0.3, 0.4) is 0 Å². The first-order valence-electron chi connectivity index (χ1n) is 5.60. The zero-order chi connectivity index (χ0) is 12.4. The fourth-order valence-electron chi connectivity index (χ4n) is 2.05. The van der Waals surface area contributed by atoms with Crippen LogP contribution < -0.4 is 0 Å². The van der Waals surface area contributed by atoms with E-state index in [0.29, 0.717) is 18.9 Å². The van der Waals surface area contributed by atoms with Gasteiger partial charge in [-0.1, -0.05) is 30.3 Å². The molecular weight excluding hydrogens is 252 g/mol. The molecular formula is C12H12N2O3S. The van der Waals surface area contributed by atoms with Crippen molar-refractivity contribution < 1.29 is 13.9 Å².